The lowest BCUT2D eigenvalue weighted by Gasteiger charge is -2.19. The van der Waals surface area contributed by atoms with Crippen molar-refractivity contribution in [2.24, 2.45) is 11.7 Å². The van der Waals surface area contributed by atoms with Gasteiger partial charge < -0.3 is 5.73 Å². The van der Waals surface area contributed by atoms with Crippen LogP contribution in [-0.2, 0) is 14.8 Å². The van der Waals surface area contributed by atoms with E-state index >= 15 is 0 Å². The number of amides is 1. The second-order valence-electron chi connectivity index (χ2n) is 5.44. The van der Waals surface area contributed by atoms with E-state index in [4.69, 9.17) is 5.73 Å². The SMILES string of the molecule is Cc1ccc(C)c(S(=O)(=O)N[C@H]2CCC[C@H]2C(N)=O)c1. The highest BCUT2D eigenvalue weighted by atomic mass is 32.2. The molecule has 0 aliphatic heterocycles. The molecule has 5 nitrogen and oxygen atoms in total. The van der Waals surface area contributed by atoms with Gasteiger partial charge in [0, 0.05) is 6.04 Å². The predicted octanol–water partition coefficient (Wildman–Crippen LogP) is 1.24. The summed E-state index contributed by atoms with van der Waals surface area (Å²) >= 11 is 0. The van der Waals surface area contributed by atoms with Crippen LogP contribution in [0.4, 0.5) is 0 Å². The molecule has 1 aliphatic carbocycles. The van der Waals surface area contributed by atoms with Crippen LogP contribution in [-0.4, -0.2) is 20.4 Å². The predicted molar refractivity (Wildman–Crippen MR) is 76.6 cm³/mol. The molecule has 1 saturated carbocycles. The van der Waals surface area contributed by atoms with E-state index in [-0.39, 0.29) is 4.90 Å². The van der Waals surface area contributed by atoms with E-state index in [9.17, 15) is 13.2 Å². The first-order valence-corrected chi connectivity index (χ1v) is 8.18. The van der Waals surface area contributed by atoms with Gasteiger partial charge in [-0.25, -0.2) is 13.1 Å². The van der Waals surface area contributed by atoms with Gasteiger partial charge in [0.25, 0.3) is 0 Å². The fraction of sp³-hybridized carbons (Fsp3) is 0.500. The number of carbonyl (C=O) groups excluding carboxylic acids is 1. The molecule has 0 bridgehead atoms. The lowest BCUT2D eigenvalue weighted by Crippen LogP contribution is -2.42. The fourth-order valence-electron chi connectivity index (χ4n) is 2.70. The quantitative estimate of drug-likeness (QED) is 0.876. The molecule has 0 unspecified atom stereocenters. The summed E-state index contributed by atoms with van der Waals surface area (Å²) in [4.78, 5) is 11.6. The summed E-state index contributed by atoms with van der Waals surface area (Å²) in [7, 11) is -3.62. The first kappa shape index (κ1) is 15.0. The second-order valence-corrected chi connectivity index (χ2v) is 7.12. The van der Waals surface area contributed by atoms with E-state index in [1.165, 1.54) is 0 Å². The van der Waals surface area contributed by atoms with E-state index in [0.717, 1.165) is 12.0 Å². The normalized spacial score (nSPS) is 22.9. The minimum atomic E-state index is -3.62. The largest absolute Gasteiger partial charge is 0.369 e. The van der Waals surface area contributed by atoms with Crippen molar-refractivity contribution in [2.75, 3.05) is 0 Å². The average molecular weight is 296 g/mol. The molecule has 1 aromatic carbocycles. The summed E-state index contributed by atoms with van der Waals surface area (Å²) in [5.41, 5.74) is 6.90. The summed E-state index contributed by atoms with van der Waals surface area (Å²) in [6.07, 6.45) is 2.11. The van der Waals surface area contributed by atoms with Gasteiger partial charge in [0.2, 0.25) is 15.9 Å². The number of hydrogen-bond donors (Lipinski definition) is 2. The van der Waals surface area contributed by atoms with Gasteiger partial charge in [-0.1, -0.05) is 18.6 Å². The van der Waals surface area contributed by atoms with Gasteiger partial charge in [-0.2, -0.15) is 0 Å². The first-order valence-electron chi connectivity index (χ1n) is 6.70. The molecule has 0 spiro atoms. The summed E-state index contributed by atoms with van der Waals surface area (Å²) < 4.78 is 27.6. The zero-order chi connectivity index (χ0) is 14.9. The van der Waals surface area contributed by atoms with Crippen LogP contribution in [0.2, 0.25) is 0 Å². The molecule has 2 rings (SSSR count). The van der Waals surface area contributed by atoms with Gasteiger partial charge in [-0.3, -0.25) is 4.79 Å². The maximum atomic E-state index is 12.5. The van der Waals surface area contributed by atoms with Crippen LogP contribution in [0.1, 0.15) is 30.4 Å². The van der Waals surface area contributed by atoms with Crippen molar-refractivity contribution < 1.29 is 13.2 Å². The van der Waals surface area contributed by atoms with Gasteiger partial charge in [-0.05, 0) is 43.9 Å². The summed E-state index contributed by atoms with van der Waals surface area (Å²) in [6.45, 7) is 3.61. The molecule has 2 atom stereocenters. The number of nitrogens with two attached hydrogens (primary N) is 1. The molecule has 0 heterocycles. The molecule has 3 N–H and O–H groups in total. The van der Waals surface area contributed by atoms with Gasteiger partial charge >= 0.3 is 0 Å². The minimum absolute atomic E-state index is 0.271. The Balaban J connectivity index is 2.27. The molecule has 110 valence electrons. The van der Waals surface area contributed by atoms with Gasteiger partial charge in [0.1, 0.15) is 0 Å². The van der Waals surface area contributed by atoms with E-state index < -0.39 is 27.9 Å². The second kappa shape index (κ2) is 5.54. The third-order valence-electron chi connectivity index (χ3n) is 3.82. The summed E-state index contributed by atoms with van der Waals surface area (Å²) in [6, 6.07) is 4.91. The smallest absolute Gasteiger partial charge is 0.241 e. The Morgan fingerprint density at radius 2 is 2.00 bits per heavy atom. The van der Waals surface area contributed by atoms with Crippen molar-refractivity contribution in [1.29, 1.82) is 0 Å². The molecule has 6 heteroatoms. The standard InChI is InChI=1S/C14H20N2O3S/c1-9-6-7-10(2)13(8-9)20(18,19)16-12-5-3-4-11(12)14(15)17/h6-8,11-12,16H,3-5H2,1-2H3,(H2,15,17)/t11-,12+/m1/s1. The Kier molecular flexibility index (Phi) is 4.15. The van der Waals surface area contributed by atoms with Gasteiger partial charge in [0.05, 0.1) is 10.8 Å². The molecule has 0 aromatic heterocycles. The van der Waals surface area contributed by atoms with Crippen molar-refractivity contribution in [3.63, 3.8) is 0 Å². The third kappa shape index (κ3) is 3.02. The van der Waals surface area contributed by atoms with E-state index in [2.05, 4.69) is 4.72 Å². The Labute approximate surface area is 119 Å². The number of sulfonamides is 1. The zero-order valence-electron chi connectivity index (χ0n) is 11.7. The number of primary amides is 1. The molecular formula is C14H20N2O3S. The lowest BCUT2D eigenvalue weighted by atomic mass is 10.0. The Hall–Kier alpha value is -1.40. The van der Waals surface area contributed by atoms with Gasteiger partial charge in [-0.15, -0.1) is 0 Å². The van der Waals surface area contributed by atoms with E-state index in [1.807, 2.05) is 13.0 Å². The van der Waals surface area contributed by atoms with Crippen molar-refractivity contribution >= 4 is 15.9 Å². The van der Waals surface area contributed by atoms with E-state index in [0.29, 0.717) is 18.4 Å². The Morgan fingerprint density at radius 3 is 2.65 bits per heavy atom. The monoisotopic (exact) mass is 296 g/mol. The van der Waals surface area contributed by atoms with Crippen molar-refractivity contribution in [2.45, 2.75) is 44.0 Å². The highest BCUT2D eigenvalue weighted by Crippen LogP contribution is 2.27. The molecule has 20 heavy (non-hydrogen) atoms. The molecule has 1 aromatic rings. The maximum absolute atomic E-state index is 12.5. The fourth-order valence-corrected chi connectivity index (χ4v) is 4.34. The third-order valence-corrected chi connectivity index (χ3v) is 5.45. The average Bonchev–Trinajstić information content (AvgIpc) is 2.79. The van der Waals surface area contributed by atoms with Crippen molar-refractivity contribution in [3.8, 4) is 0 Å². The summed E-state index contributed by atoms with van der Waals surface area (Å²) in [5, 5.41) is 0. The number of hydrogen-bond acceptors (Lipinski definition) is 3. The van der Waals surface area contributed by atoms with Crippen molar-refractivity contribution in [1.82, 2.24) is 4.72 Å². The first-order chi connectivity index (χ1) is 9.31. The molecule has 0 radical (unpaired) electrons. The molecule has 1 fully saturated rings. The minimum Gasteiger partial charge on any atom is -0.369 e. The van der Waals surface area contributed by atoms with Crippen LogP contribution < -0.4 is 10.5 Å². The zero-order valence-corrected chi connectivity index (χ0v) is 12.5. The molecule has 1 amide bonds. The van der Waals surface area contributed by atoms with Crippen LogP contribution in [0.15, 0.2) is 23.1 Å². The molecule has 1 aliphatic rings. The Bertz CT molecular complexity index is 625. The lowest BCUT2D eigenvalue weighted by molar-refractivity contribution is -0.122. The topological polar surface area (TPSA) is 89.3 Å². The highest BCUT2D eigenvalue weighted by Gasteiger charge is 2.35. The number of benzene rings is 1. The molecular weight excluding hydrogens is 276 g/mol. The van der Waals surface area contributed by atoms with Gasteiger partial charge in [0.15, 0.2) is 0 Å². The number of nitrogens with one attached hydrogen (secondary N) is 1. The number of aryl methyl sites for hydroxylation is 2. The van der Waals surface area contributed by atoms with Crippen LogP contribution >= 0.6 is 0 Å². The van der Waals surface area contributed by atoms with Crippen LogP contribution in [0.3, 0.4) is 0 Å². The number of rotatable bonds is 4. The number of carbonyl (C=O) groups is 1. The maximum Gasteiger partial charge on any atom is 0.241 e. The van der Waals surface area contributed by atoms with Crippen molar-refractivity contribution in [3.05, 3.63) is 29.3 Å². The van der Waals surface area contributed by atoms with Crippen LogP contribution in [0.5, 0.6) is 0 Å². The van der Waals surface area contributed by atoms with Crippen LogP contribution in [0, 0.1) is 19.8 Å². The Morgan fingerprint density at radius 1 is 1.30 bits per heavy atom. The molecule has 0 saturated heterocycles. The van der Waals surface area contributed by atoms with Crippen LogP contribution in [0.25, 0.3) is 0 Å². The van der Waals surface area contributed by atoms with E-state index in [1.54, 1.807) is 19.1 Å². The summed E-state index contributed by atoms with van der Waals surface area (Å²) in [5.74, 6) is -0.842. The highest BCUT2D eigenvalue weighted by molar-refractivity contribution is 7.89.